The van der Waals surface area contributed by atoms with E-state index in [1.165, 1.54) is 37.2 Å². The van der Waals surface area contributed by atoms with Crippen LogP contribution in [0.15, 0.2) is 28.2 Å². The molecule has 1 aliphatic carbocycles. The number of hydrazine groups is 1. The van der Waals surface area contributed by atoms with Crippen molar-refractivity contribution in [2.24, 2.45) is 16.7 Å². The minimum Gasteiger partial charge on any atom is -0.382 e. The van der Waals surface area contributed by atoms with Crippen LogP contribution in [0.1, 0.15) is 37.7 Å². The first-order chi connectivity index (χ1) is 12.2. The van der Waals surface area contributed by atoms with E-state index in [9.17, 15) is 0 Å². The highest BCUT2D eigenvalue weighted by molar-refractivity contribution is 7.97. The zero-order valence-electron chi connectivity index (χ0n) is 14.8. The van der Waals surface area contributed by atoms with Gasteiger partial charge in [0.25, 0.3) is 0 Å². The van der Waals surface area contributed by atoms with Crippen LogP contribution in [-0.2, 0) is 0 Å². The molecule has 1 saturated heterocycles. The molecule has 3 rings (SSSR count). The molecular formula is C17H29N7S. The number of hydrogen-bond donors (Lipinski definition) is 5. The van der Waals surface area contributed by atoms with E-state index < -0.39 is 0 Å². The lowest BCUT2D eigenvalue weighted by atomic mass is 9.95. The summed E-state index contributed by atoms with van der Waals surface area (Å²) >= 11 is 1.56. The molecule has 7 nitrogen and oxygen atoms in total. The maximum absolute atomic E-state index is 6.32. The van der Waals surface area contributed by atoms with Gasteiger partial charge in [0.1, 0.15) is 0 Å². The molecule has 8 heteroatoms. The average Bonchev–Trinajstić information content (AvgIpc) is 2.55. The quantitative estimate of drug-likeness (QED) is 0.164. The second-order valence-corrected chi connectivity index (χ2v) is 7.75. The zero-order chi connectivity index (χ0) is 17.6. The predicted molar refractivity (Wildman–Crippen MR) is 105 cm³/mol. The Morgan fingerprint density at radius 2 is 2.04 bits per heavy atom. The molecule has 0 aromatic heterocycles. The molecule has 1 aliphatic heterocycles. The summed E-state index contributed by atoms with van der Waals surface area (Å²) in [5.74, 6) is 6.49. The van der Waals surface area contributed by atoms with Crippen molar-refractivity contribution in [3.8, 4) is 0 Å². The monoisotopic (exact) mass is 363 g/mol. The zero-order valence-corrected chi connectivity index (χ0v) is 15.6. The molecule has 1 aromatic rings. The van der Waals surface area contributed by atoms with Gasteiger partial charge in [-0.15, -0.1) is 5.10 Å². The van der Waals surface area contributed by atoms with Gasteiger partial charge in [-0.2, -0.15) is 0 Å². The topological polar surface area (TPSA) is 104 Å². The molecule has 1 saturated carbocycles. The fourth-order valence-corrected chi connectivity index (χ4v) is 3.78. The van der Waals surface area contributed by atoms with Crippen molar-refractivity contribution in [2.75, 3.05) is 25.5 Å². The number of nitrogens with two attached hydrogens (primary N) is 2. The predicted octanol–water partition coefficient (Wildman–Crippen LogP) is 1.43. The third kappa shape index (κ3) is 4.78. The third-order valence-electron chi connectivity index (χ3n) is 4.81. The third-order valence-corrected chi connectivity index (χ3v) is 5.50. The maximum atomic E-state index is 6.32. The molecule has 7 N–H and O–H groups in total. The molecule has 0 amide bonds. The van der Waals surface area contributed by atoms with Gasteiger partial charge in [-0.05, 0) is 50.0 Å². The molecule has 25 heavy (non-hydrogen) atoms. The summed E-state index contributed by atoms with van der Waals surface area (Å²) in [7, 11) is 1.90. The summed E-state index contributed by atoms with van der Waals surface area (Å²) in [5.41, 5.74) is 8.27. The van der Waals surface area contributed by atoms with Gasteiger partial charge in [0, 0.05) is 35.3 Å². The Labute approximate surface area is 154 Å². The number of anilines is 1. The van der Waals surface area contributed by atoms with Gasteiger partial charge < -0.3 is 16.4 Å². The lowest BCUT2D eigenvalue weighted by Gasteiger charge is -2.33. The number of hydrogen-bond acceptors (Lipinski definition) is 7. The molecule has 0 bridgehead atoms. The average molecular weight is 364 g/mol. The summed E-state index contributed by atoms with van der Waals surface area (Å²) < 4.78 is 3.10. The van der Waals surface area contributed by atoms with E-state index in [1.807, 2.05) is 7.05 Å². The van der Waals surface area contributed by atoms with Gasteiger partial charge in [0.2, 0.25) is 0 Å². The molecule has 0 unspecified atom stereocenters. The first-order valence-corrected chi connectivity index (χ1v) is 9.82. The maximum Gasteiger partial charge on any atom is 0.154 e. The summed E-state index contributed by atoms with van der Waals surface area (Å²) in [6, 6.07) is 6.98. The van der Waals surface area contributed by atoms with Crippen molar-refractivity contribution in [2.45, 2.75) is 49.1 Å². The molecule has 2 fully saturated rings. The highest BCUT2D eigenvalue weighted by atomic mass is 32.2. The molecular weight excluding hydrogens is 334 g/mol. The van der Waals surface area contributed by atoms with Gasteiger partial charge >= 0.3 is 0 Å². The molecule has 0 radical (unpaired) electrons. The van der Waals surface area contributed by atoms with Crippen LogP contribution >= 0.6 is 11.9 Å². The van der Waals surface area contributed by atoms with E-state index in [4.69, 9.17) is 11.6 Å². The van der Waals surface area contributed by atoms with Gasteiger partial charge in [0.15, 0.2) is 5.84 Å². The van der Waals surface area contributed by atoms with Crippen molar-refractivity contribution in [3.63, 3.8) is 0 Å². The van der Waals surface area contributed by atoms with Crippen LogP contribution in [0.25, 0.3) is 0 Å². The second-order valence-electron chi connectivity index (χ2n) is 6.67. The van der Waals surface area contributed by atoms with Gasteiger partial charge in [0.05, 0.1) is 6.04 Å². The Bertz CT molecular complexity index is 597. The van der Waals surface area contributed by atoms with Crippen LogP contribution in [-0.4, -0.2) is 43.2 Å². The van der Waals surface area contributed by atoms with E-state index in [2.05, 4.69) is 38.7 Å². The van der Waals surface area contributed by atoms with Crippen molar-refractivity contribution >= 4 is 23.5 Å². The van der Waals surface area contributed by atoms with Crippen molar-refractivity contribution in [1.29, 1.82) is 0 Å². The Balaban J connectivity index is 1.81. The number of nitrogens with one attached hydrogen (secondary N) is 3. The smallest absolute Gasteiger partial charge is 0.154 e. The fraction of sp³-hybridized carbons (Fsp3) is 0.588. The standard InChI is InChI=1S/C17H29N7S/c1-20-25-14-7-8-16(22-12-5-3-2-4-6-12)15(9-14)17(18)23-24(19)13-10-21-11-13/h7-9,12-13,20-22H,2-6,10-11,19H2,1H3,(H2,18,23). The van der Waals surface area contributed by atoms with E-state index in [-0.39, 0.29) is 6.04 Å². The molecule has 2 aliphatic rings. The van der Waals surface area contributed by atoms with Crippen molar-refractivity contribution in [1.82, 2.24) is 15.2 Å². The molecule has 1 aromatic carbocycles. The molecule has 1 heterocycles. The number of benzene rings is 1. The Hall–Kier alpha value is -1.48. The Morgan fingerprint density at radius 3 is 2.68 bits per heavy atom. The largest absolute Gasteiger partial charge is 0.382 e. The van der Waals surface area contributed by atoms with Crippen LogP contribution in [0.3, 0.4) is 0 Å². The van der Waals surface area contributed by atoms with Crippen molar-refractivity contribution in [3.05, 3.63) is 23.8 Å². The van der Waals surface area contributed by atoms with Crippen LogP contribution in [0.5, 0.6) is 0 Å². The normalized spacial score (nSPS) is 19.5. The SMILES string of the molecule is CNSc1ccc(NC2CCCCC2)c(/C(N)=N/N(N)C2CNC2)c1. The van der Waals surface area contributed by atoms with E-state index >= 15 is 0 Å². The summed E-state index contributed by atoms with van der Waals surface area (Å²) in [6.07, 6.45) is 6.33. The number of amidine groups is 1. The van der Waals surface area contributed by atoms with Crippen molar-refractivity contribution < 1.29 is 0 Å². The fourth-order valence-electron chi connectivity index (χ4n) is 3.23. The van der Waals surface area contributed by atoms with Crippen LogP contribution < -0.4 is 26.9 Å². The summed E-state index contributed by atoms with van der Waals surface area (Å²) in [6.45, 7) is 1.69. The van der Waals surface area contributed by atoms with E-state index in [1.54, 1.807) is 11.9 Å². The Kier molecular flexibility index (Phi) is 6.41. The number of hydrazone groups is 1. The highest BCUT2D eigenvalue weighted by Gasteiger charge is 2.22. The lowest BCUT2D eigenvalue weighted by Crippen LogP contribution is -2.58. The summed E-state index contributed by atoms with van der Waals surface area (Å²) in [5, 5.41) is 12.8. The van der Waals surface area contributed by atoms with Crippen LogP contribution in [0, 0.1) is 0 Å². The number of nitrogens with zero attached hydrogens (tertiary/aromatic N) is 2. The summed E-state index contributed by atoms with van der Waals surface area (Å²) in [4.78, 5) is 1.10. The van der Waals surface area contributed by atoms with E-state index in [0.29, 0.717) is 11.9 Å². The highest BCUT2D eigenvalue weighted by Crippen LogP contribution is 2.27. The van der Waals surface area contributed by atoms with Crippen LogP contribution in [0.2, 0.25) is 0 Å². The van der Waals surface area contributed by atoms with Gasteiger partial charge in [-0.25, -0.2) is 11.0 Å². The van der Waals surface area contributed by atoms with E-state index in [0.717, 1.165) is 29.2 Å². The number of rotatable bonds is 7. The molecule has 0 atom stereocenters. The first-order valence-electron chi connectivity index (χ1n) is 9.00. The molecule has 0 spiro atoms. The minimum atomic E-state index is 0.211. The lowest BCUT2D eigenvalue weighted by molar-refractivity contribution is 0.154. The Morgan fingerprint density at radius 1 is 1.28 bits per heavy atom. The second kappa shape index (κ2) is 8.75. The van der Waals surface area contributed by atoms with Gasteiger partial charge in [-0.1, -0.05) is 19.3 Å². The van der Waals surface area contributed by atoms with Gasteiger partial charge in [-0.3, -0.25) is 4.72 Å². The van der Waals surface area contributed by atoms with Crippen LogP contribution in [0.4, 0.5) is 5.69 Å². The first kappa shape index (κ1) is 18.3. The molecule has 138 valence electrons. The minimum absolute atomic E-state index is 0.211.